The first-order chi connectivity index (χ1) is 10.0. The fourth-order valence-corrected chi connectivity index (χ4v) is 2.25. The van der Waals surface area contributed by atoms with E-state index in [4.69, 9.17) is 0 Å². The summed E-state index contributed by atoms with van der Waals surface area (Å²) >= 11 is 0. The van der Waals surface area contributed by atoms with Crippen molar-refractivity contribution in [1.29, 1.82) is 0 Å². The van der Waals surface area contributed by atoms with Crippen LogP contribution in [-0.2, 0) is 13.1 Å². The number of benzene rings is 2. The molecule has 0 bridgehead atoms. The average molecular weight is 282 g/mol. The number of anilines is 1. The quantitative estimate of drug-likeness (QED) is 0.857. The van der Waals surface area contributed by atoms with Crippen molar-refractivity contribution in [2.75, 3.05) is 11.9 Å². The van der Waals surface area contributed by atoms with Crippen molar-refractivity contribution in [3.8, 4) is 0 Å². The van der Waals surface area contributed by atoms with Gasteiger partial charge in [0.1, 0.15) is 0 Å². The van der Waals surface area contributed by atoms with Gasteiger partial charge in [-0.3, -0.25) is 0 Å². The summed E-state index contributed by atoms with van der Waals surface area (Å²) < 4.78 is 0. The Morgan fingerprint density at radius 3 is 2.05 bits per heavy atom. The molecule has 2 aromatic rings. The molecule has 112 valence electrons. The van der Waals surface area contributed by atoms with Gasteiger partial charge in [0.25, 0.3) is 0 Å². The topological polar surface area (TPSA) is 15.3 Å². The maximum atomic E-state index is 3.44. The third kappa shape index (κ3) is 4.91. The van der Waals surface area contributed by atoms with Crippen LogP contribution in [0, 0.1) is 6.92 Å². The van der Waals surface area contributed by atoms with Gasteiger partial charge in [0, 0.05) is 31.9 Å². The second-order valence-corrected chi connectivity index (χ2v) is 6.04. The molecule has 2 aromatic carbocycles. The first-order valence-electron chi connectivity index (χ1n) is 7.63. The molecule has 1 N–H and O–H groups in total. The van der Waals surface area contributed by atoms with E-state index in [-0.39, 0.29) is 0 Å². The average Bonchev–Trinajstić information content (AvgIpc) is 2.47. The number of aryl methyl sites for hydroxylation is 1. The minimum Gasteiger partial charge on any atom is -0.370 e. The Kier molecular flexibility index (Phi) is 5.40. The molecule has 0 aliphatic rings. The molecule has 2 nitrogen and oxygen atoms in total. The summed E-state index contributed by atoms with van der Waals surface area (Å²) in [5.41, 5.74) is 5.23. The number of hydrogen-bond donors (Lipinski definition) is 1. The predicted octanol–water partition coefficient (Wildman–Crippen LogP) is 4.13. The van der Waals surface area contributed by atoms with Gasteiger partial charge in [0.05, 0.1) is 0 Å². The summed E-state index contributed by atoms with van der Waals surface area (Å²) in [4.78, 5) is 2.28. The van der Waals surface area contributed by atoms with E-state index in [9.17, 15) is 0 Å². The predicted molar refractivity (Wildman–Crippen MR) is 91.7 cm³/mol. The first-order valence-corrected chi connectivity index (χ1v) is 7.63. The van der Waals surface area contributed by atoms with E-state index in [2.05, 4.69) is 86.6 Å². The summed E-state index contributed by atoms with van der Waals surface area (Å²) in [6.45, 7) is 8.33. The van der Waals surface area contributed by atoms with Crippen molar-refractivity contribution in [2.45, 2.75) is 39.9 Å². The van der Waals surface area contributed by atoms with Crippen molar-refractivity contribution in [1.82, 2.24) is 5.32 Å². The Bertz CT molecular complexity index is 541. The maximum Gasteiger partial charge on any atom is 0.0426 e. The van der Waals surface area contributed by atoms with E-state index < -0.39 is 0 Å². The largest absolute Gasteiger partial charge is 0.370 e. The Balaban J connectivity index is 1.94. The summed E-state index contributed by atoms with van der Waals surface area (Å²) in [5.74, 6) is 0. The van der Waals surface area contributed by atoms with Crippen LogP contribution in [0.2, 0.25) is 0 Å². The molecule has 0 saturated heterocycles. The normalized spacial score (nSPS) is 10.9. The van der Waals surface area contributed by atoms with E-state index in [1.54, 1.807) is 0 Å². The molecule has 0 spiro atoms. The number of nitrogens with zero attached hydrogens (tertiary/aromatic N) is 1. The van der Waals surface area contributed by atoms with Crippen molar-refractivity contribution < 1.29 is 0 Å². The van der Waals surface area contributed by atoms with Crippen LogP contribution in [0.5, 0.6) is 0 Å². The summed E-state index contributed by atoms with van der Waals surface area (Å²) in [6, 6.07) is 18.1. The monoisotopic (exact) mass is 282 g/mol. The van der Waals surface area contributed by atoms with Crippen LogP contribution in [-0.4, -0.2) is 13.1 Å². The smallest absolute Gasteiger partial charge is 0.0426 e. The molecule has 0 aliphatic carbocycles. The Morgan fingerprint density at radius 2 is 1.48 bits per heavy atom. The second kappa shape index (κ2) is 7.28. The fraction of sp³-hybridized carbons (Fsp3) is 0.368. The zero-order valence-electron chi connectivity index (χ0n) is 13.6. The van der Waals surface area contributed by atoms with Crippen molar-refractivity contribution >= 4 is 5.69 Å². The van der Waals surface area contributed by atoms with Gasteiger partial charge in [-0.2, -0.15) is 0 Å². The van der Waals surface area contributed by atoms with Crippen molar-refractivity contribution in [3.63, 3.8) is 0 Å². The third-order valence-electron chi connectivity index (χ3n) is 3.63. The van der Waals surface area contributed by atoms with Gasteiger partial charge in [0.15, 0.2) is 0 Å². The SMILES string of the molecule is Cc1ccc(N(C)Cc2ccc(CNC(C)C)cc2)cc1. The Labute approximate surface area is 128 Å². The minimum absolute atomic E-state index is 0.525. The molecular formula is C19H26N2. The number of hydrogen-bond acceptors (Lipinski definition) is 2. The highest BCUT2D eigenvalue weighted by atomic mass is 15.1. The third-order valence-corrected chi connectivity index (χ3v) is 3.63. The molecule has 2 heteroatoms. The maximum absolute atomic E-state index is 3.44. The van der Waals surface area contributed by atoms with Crippen LogP contribution in [0.15, 0.2) is 48.5 Å². The standard InChI is InChI=1S/C19H26N2/c1-15(2)20-13-17-7-9-18(10-8-17)14-21(4)19-11-5-16(3)6-12-19/h5-12,15,20H,13-14H2,1-4H3. The minimum atomic E-state index is 0.525. The lowest BCUT2D eigenvalue weighted by Gasteiger charge is -2.20. The molecular weight excluding hydrogens is 256 g/mol. The fourth-order valence-electron chi connectivity index (χ4n) is 2.25. The molecule has 0 saturated carbocycles. The summed E-state index contributed by atoms with van der Waals surface area (Å²) in [6.07, 6.45) is 0. The molecule has 0 heterocycles. The highest BCUT2D eigenvalue weighted by Crippen LogP contribution is 2.16. The van der Waals surface area contributed by atoms with Crippen LogP contribution in [0.3, 0.4) is 0 Å². The lowest BCUT2D eigenvalue weighted by molar-refractivity contribution is 0.589. The van der Waals surface area contributed by atoms with Gasteiger partial charge >= 0.3 is 0 Å². The second-order valence-electron chi connectivity index (χ2n) is 6.04. The molecule has 2 rings (SSSR count). The zero-order valence-corrected chi connectivity index (χ0v) is 13.6. The van der Waals surface area contributed by atoms with Gasteiger partial charge in [-0.1, -0.05) is 55.8 Å². The highest BCUT2D eigenvalue weighted by molar-refractivity contribution is 5.47. The molecule has 21 heavy (non-hydrogen) atoms. The van der Waals surface area contributed by atoms with Crippen LogP contribution >= 0.6 is 0 Å². The molecule has 0 unspecified atom stereocenters. The van der Waals surface area contributed by atoms with Gasteiger partial charge in [0.2, 0.25) is 0 Å². The Morgan fingerprint density at radius 1 is 0.905 bits per heavy atom. The Hall–Kier alpha value is -1.80. The van der Waals surface area contributed by atoms with E-state index in [0.717, 1.165) is 13.1 Å². The van der Waals surface area contributed by atoms with Crippen molar-refractivity contribution in [3.05, 3.63) is 65.2 Å². The lowest BCUT2D eigenvalue weighted by atomic mass is 10.1. The number of nitrogens with one attached hydrogen (secondary N) is 1. The first kappa shape index (κ1) is 15.6. The molecule has 0 fully saturated rings. The lowest BCUT2D eigenvalue weighted by Crippen LogP contribution is -2.21. The zero-order chi connectivity index (χ0) is 15.2. The van der Waals surface area contributed by atoms with Crippen LogP contribution < -0.4 is 10.2 Å². The van der Waals surface area contributed by atoms with E-state index in [1.165, 1.54) is 22.4 Å². The van der Waals surface area contributed by atoms with E-state index in [0.29, 0.717) is 6.04 Å². The van der Waals surface area contributed by atoms with E-state index >= 15 is 0 Å². The van der Waals surface area contributed by atoms with Gasteiger partial charge in [-0.25, -0.2) is 0 Å². The van der Waals surface area contributed by atoms with Crippen LogP contribution in [0.4, 0.5) is 5.69 Å². The molecule has 0 radical (unpaired) electrons. The summed E-state index contributed by atoms with van der Waals surface area (Å²) in [7, 11) is 2.14. The molecule has 0 amide bonds. The van der Waals surface area contributed by atoms with Crippen LogP contribution in [0.25, 0.3) is 0 Å². The number of rotatable bonds is 6. The summed E-state index contributed by atoms with van der Waals surface area (Å²) in [5, 5.41) is 3.44. The van der Waals surface area contributed by atoms with Gasteiger partial charge in [-0.05, 0) is 30.2 Å². The highest BCUT2D eigenvalue weighted by Gasteiger charge is 2.02. The molecule has 0 aromatic heterocycles. The molecule has 0 atom stereocenters. The molecule has 0 aliphatic heterocycles. The van der Waals surface area contributed by atoms with Gasteiger partial charge < -0.3 is 10.2 Å². The van der Waals surface area contributed by atoms with Crippen molar-refractivity contribution in [2.24, 2.45) is 0 Å². The van der Waals surface area contributed by atoms with E-state index in [1.807, 2.05) is 0 Å². The van der Waals surface area contributed by atoms with Crippen LogP contribution in [0.1, 0.15) is 30.5 Å². The van der Waals surface area contributed by atoms with Gasteiger partial charge in [-0.15, -0.1) is 0 Å².